The van der Waals surface area contributed by atoms with Gasteiger partial charge in [0.25, 0.3) is 0 Å². The van der Waals surface area contributed by atoms with E-state index in [-0.39, 0.29) is 27.7 Å². The van der Waals surface area contributed by atoms with Gasteiger partial charge in [-0.3, -0.25) is 9.59 Å². The lowest BCUT2D eigenvalue weighted by molar-refractivity contribution is 0.0696. The molecule has 6 heteroatoms. The number of halogens is 1. The Bertz CT molecular complexity index is 1120. The molecule has 0 atom stereocenters. The maximum absolute atomic E-state index is 12.4. The molecule has 0 saturated heterocycles. The lowest BCUT2D eigenvalue weighted by Crippen LogP contribution is -1.99. The van der Waals surface area contributed by atoms with E-state index in [0.29, 0.717) is 28.2 Å². The van der Waals surface area contributed by atoms with Gasteiger partial charge in [-0.05, 0) is 36.4 Å². The predicted octanol–water partition coefficient (Wildman–Crippen LogP) is 4.76. The van der Waals surface area contributed by atoms with Crippen molar-refractivity contribution >= 4 is 35.2 Å². The van der Waals surface area contributed by atoms with Gasteiger partial charge >= 0.3 is 5.97 Å². The molecule has 0 fully saturated rings. The number of benzene rings is 2. The highest BCUT2D eigenvalue weighted by Crippen LogP contribution is 2.30. The molecular weight excluding hydrogens is 368 g/mol. The van der Waals surface area contributed by atoms with Gasteiger partial charge < -0.3 is 9.52 Å². The van der Waals surface area contributed by atoms with E-state index >= 15 is 0 Å². The largest absolute Gasteiger partial charge is 0.478 e. The minimum atomic E-state index is -1.14. The summed E-state index contributed by atoms with van der Waals surface area (Å²) < 4.78 is 5.68. The van der Waals surface area contributed by atoms with E-state index in [9.17, 15) is 19.5 Å². The first-order valence-corrected chi connectivity index (χ1v) is 8.36. The van der Waals surface area contributed by atoms with Gasteiger partial charge in [-0.2, -0.15) is 0 Å². The summed E-state index contributed by atoms with van der Waals surface area (Å²) in [5, 5.41) is 9.30. The van der Waals surface area contributed by atoms with Gasteiger partial charge in [0.05, 0.1) is 16.2 Å². The van der Waals surface area contributed by atoms with Crippen molar-refractivity contribution in [1.29, 1.82) is 0 Å². The minimum Gasteiger partial charge on any atom is -0.478 e. The van der Waals surface area contributed by atoms with Crippen LogP contribution >= 0.6 is 11.6 Å². The van der Waals surface area contributed by atoms with E-state index in [1.165, 1.54) is 18.2 Å². The summed E-state index contributed by atoms with van der Waals surface area (Å²) in [5.74, 6) is -1.10. The standard InChI is InChI=1S/C21H11ClO5/c22-17-7-5-11(9-15(17)21(25)26)18-8-6-12(27-18)10-16-19(23)13-3-1-2-4-14(13)20(16)24/h1-10H,(H,25,26). The van der Waals surface area contributed by atoms with Crippen LogP contribution in [0, 0.1) is 0 Å². The van der Waals surface area contributed by atoms with Crippen molar-refractivity contribution in [2.75, 3.05) is 0 Å². The van der Waals surface area contributed by atoms with Crippen molar-refractivity contribution in [2.45, 2.75) is 0 Å². The summed E-state index contributed by atoms with van der Waals surface area (Å²) in [6.45, 7) is 0. The van der Waals surface area contributed by atoms with Crippen molar-refractivity contribution in [3.05, 3.63) is 87.6 Å². The van der Waals surface area contributed by atoms with Crippen LogP contribution < -0.4 is 0 Å². The van der Waals surface area contributed by atoms with Crippen molar-refractivity contribution < 1.29 is 23.9 Å². The topological polar surface area (TPSA) is 84.6 Å². The fourth-order valence-corrected chi connectivity index (χ4v) is 3.17. The number of carboxylic acids is 1. The molecule has 0 amide bonds. The van der Waals surface area contributed by atoms with E-state index in [4.69, 9.17) is 16.0 Å². The molecule has 0 aliphatic heterocycles. The number of carbonyl (C=O) groups is 3. The number of hydrogen-bond donors (Lipinski definition) is 1. The quantitative estimate of drug-likeness (QED) is 0.524. The van der Waals surface area contributed by atoms with Crippen LogP contribution in [0.5, 0.6) is 0 Å². The molecule has 0 spiro atoms. The SMILES string of the molecule is O=C(O)c1cc(-c2ccc(C=C3C(=O)c4ccccc4C3=O)o2)ccc1Cl. The van der Waals surface area contributed by atoms with Gasteiger partial charge in [0, 0.05) is 16.7 Å². The van der Waals surface area contributed by atoms with E-state index in [1.54, 1.807) is 42.5 Å². The Kier molecular flexibility index (Phi) is 4.01. The zero-order valence-electron chi connectivity index (χ0n) is 13.7. The molecule has 27 heavy (non-hydrogen) atoms. The predicted molar refractivity (Wildman–Crippen MR) is 99.2 cm³/mol. The lowest BCUT2D eigenvalue weighted by Gasteiger charge is -2.02. The molecule has 1 heterocycles. The monoisotopic (exact) mass is 378 g/mol. The lowest BCUT2D eigenvalue weighted by atomic mass is 10.1. The number of hydrogen-bond acceptors (Lipinski definition) is 4. The number of carboxylic acid groups (broad SMARTS) is 1. The second-order valence-corrected chi connectivity index (χ2v) is 6.37. The second-order valence-electron chi connectivity index (χ2n) is 5.96. The molecule has 1 aromatic heterocycles. The first kappa shape index (κ1) is 17.0. The minimum absolute atomic E-state index is 0.0398. The molecule has 1 N–H and O–H groups in total. The third kappa shape index (κ3) is 2.88. The Morgan fingerprint density at radius 2 is 1.63 bits per heavy atom. The molecule has 132 valence electrons. The molecule has 3 aromatic rings. The van der Waals surface area contributed by atoms with Crippen LogP contribution in [-0.2, 0) is 0 Å². The zero-order chi connectivity index (χ0) is 19.1. The molecule has 0 unspecified atom stereocenters. The third-order valence-corrected chi connectivity index (χ3v) is 4.63. The number of carbonyl (C=O) groups excluding carboxylic acids is 2. The van der Waals surface area contributed by atoms with Crippen LogP contribution in [0.2, 0.25) is 5.02 Å². The fourth-order valence-electron chi connectivity index (χ4n) is 2.97. The Morgan fingerprint density at radius 3 is 2.26 bits per heavy atom. The summed E-state index contributed by atoms with van der Waals surface area (Å²) in [4.78, 5) is 36.1. The van der Waals surface area contributed by atoms with Crippen molar-refractivity contribution in [3.8, 4) is 11.3 Å². The highest BCUT2D eigenvalue weighted by molar-refractivity contribution is 6.41. The first-order chi connectivity index (χ1) is 13.0. The molecule has 2 aromatic carbocycles. The van der Waals surface area contributed by atoms with Crippen molar-refractivity contribution in [1.82, 2.24) is 0 Å². The van der Waals surface area contributed by atoms with Crippen LogP contribution in [0.25, 0.3) is 17.4 Å². The average Bonchev–Trinajstić information content (AvgIpc) is 3.22. The summed E-state index contributed by atoms with van der Waals surface area (Å²) >= 11 is 5.88. The van der Waals surface area contributed by atoms with Crippen LogP contribution in [0.1, 0.15) is 36.8 Å². The van der Waals surface area contributed by atoms with Crippen LogP contribution in [0.15, 0.2) is 64.6 Å². The summed E-state index contributed by atoms with van der Waals surface area (Å²) in [7, 11) is 0. The normalized spacial score (nSPS) is 13.0. The first-order valence-electron chi connectivity index (χ1n) is 7.99. The van der Waals surface area contributed by atoms with Gasteiger partial charge in [0.2, 0.25) is 0 Å². The maximum Gasteiger partial charge on any atom is 0.337 e. The average molecular weight is 379 g/mol. The molecule has 5 nitrogen and oxygen atoms in total. The van der Waals surface area contributed by atoms with Crippen molar-refractivity contribution in [3.63, 3.8) is 0 Å². The smallest absolute Gasteiger partial charge is 0.337 e. The van der Waals surface area contributed by atoms with Gasteiger partial charge in [-0.15, -0.1) is 0 Å². The third-order valence-electron chi connectivity index (χ3n) is 4.30. The molecule has 0 radical (unpaired) electrons. The number of ketones is 2. The fraction of sp³-hybridized carbons (Fsp3) is 0. The Labute approximate surface area is 158 Å². The van der Waals surface area contributed by atoms with E-state index in [0.717, 1.165) is 0 Å². The second kappa shape index (κ2) is 6.37. The van der Waals surface area contributed by atoms with Crippen molar-refractivity contribution in [2.24, 2.45) is 0 Å². The van der Waals surface area contributed by atoms with Crippen LogP contribution in [0.4, 0.5) is 0 Å². The van der Waals surface area contributed by atoms with E-state index < -0.39 is 5.97 Å². The molecule has 0 saturated carbocycles. The Hall–Kier alpha value is -3.44. The van der Waals surface area contributed by atoms with Gasteiger partial charge in [0.15, 0.2) is 11.6 Å². The molecule has 4 rings (SSSR count). The number of furan rings is 1. The highest BCUT2D eigenvalue weighted by atomic mass is 35.5. The molecular formula is C21H11ClO5. The molecule has 1 aliphatic rings. The number of allylic oxidation sites excluding steroid dienone is 1. The number of rotatable bonds is 3. The van der Waals surface area contributed by atoms with E-state index in [1.807, 2.05) is 0 Å². The number of aromatic carboxylic acids is 1. The Balaban J connectivity index is 1.70. The number of Topliss-reactive ketones (excluding diaryl/α,β-unsaturated/α-hetero) is 2. The van der Waals surface area contributed by atoms with Gasteiger partial charge in [-0.25, -0.2) is 4.79 Å². The van der Waals surface area contributed by atoms with Crippen LogP contribution in [0.3, 0.4) is 0 Å². The summed E-state index contributed by atoms with van der Waals surface area (Å²) in [6, 6.07) is 14.4. The highest BCUT2D eigenvalue weighted by Gasteiger charge is 2.32. The van der Waals surface area contributed by atoms with Gasteiger partial charge in [-0.1, -0.05) is 35.9 Å². The summed E-state index contributed by atoms with van der Waals surface area (Å²) in [6.07, 6.45) is 1.40. The molecule has 0 bridgehead atoms. The Morgan fingerprint density at radius 1 is 0.963 bits per heavy atom. The molecule has 1 aliphatic carbocycles. The van der Waals surface area contributed by atoms with Crippen LogP contribution in [-0.4, -0.2) is 22.6 Å². The summed E-state index contributed by atoms with van der Waals surface area (Å²) in [5.41, 5.74) is 1.28. The zero-order valence-corrected chi connectivity index (χ0v) is 14.5. The van der Waals surface area contributed by atoms with E-state index in [2.05, 4.69) is 0 Å². The maximum atomic E-state index is 12.4. The number of fused-ring (bicyclic) bond motifs is 1. The van der Waals surface area contributed by atoms with Gasteiger partial charge in [0.1, 0.15) is 11.5 Å².